The molecular formula is C21H23ClN2O2. The van der Waals surface area contributed by atoms with E-state index in [0.29, 0.717) is 23.7 Å². The maximum absolute atomic E-state index is 12.7. The molecule has 136 valence electrons. The number of piperidine rings is 1. The Morgan fingerprint density at radius 2 is 1.85 bits per heavy atom. The molecule has 0 unspecified atom stereocenters. The predicted octanol–water partition coefficient (Wildman–Crippen LogP) is 4.45. The molecule has 4 nitrogen and oxygen atoms in total. The van der Waals surface area contributed by atoms with Gasteiger partial charge in [-0.15, -0.1) is 0 Å². The number of nitrogens with zero attached hydrogens (tertiary/aromatic N) is 1. The van der Waals surface area contributed by atoms with Crippen molar-refractivity contribution in [2.45, 2.75) is 26.7 Å². The highest BCUT2D eigenvalue weighted by Crippen LogP contribution is 2.23. The molecule has 1 atom stereocenters. The number of amides is 2. The summed E-state index contributed by atoms with van der Waals surface area (Å²) in [5.74, 6) is -0.266. The van der Waals surface area contributed by atoms with Gasteiger partial charge < -0.3 is 10.2 Å². The Bertz CT molecular complexity index is 817. The Kier molecular flexibility index (Phi) is 5.62. The van der Waals surface area contributed by atoms with Crippen LogP contribution in [-0.4, -0.2) is 29.8 Å². The highest BCUT2D eigenvalue weighted by atomic mass is 35.5. The summed E-state index contributed by atoms with van der Waals surface area (Å²) in [6.07, 6.45) is 1.62. The maximum Gasteiger partial charge on any atom is 0.253 e. The van der Waals surface area contributed by atoms with Gasteiger partial charge in [0.25, 0.3) is 5.91 Å². The molecule has 26 heavy (non-hydrogen) atoms. The number of nitrogens with one attached hydrogen (secondary N) is 1. The van der Waals surface area contributed by atoms with Gasteiger partial charge in [-0.3, -0.25) is 9.59 Å². The first kappa shape index (κ1) is 18.5. The second-order valence-electron chi connectivity index (χ2n) is 6.90. The van der Waals surface area contributed by atoms with Gasteiger partial charge in [0.2, 0.25) is 5.91 Å². The average Bonchev–Trinajstić information content (AvgIpc) is 2.65. The molecule has 2 amide bonds. The summed E-state index contributed by atoms with van der Waals surface area (Å²) in [5.41, 5.74) is 3.59. The molecule has 0 saturated carbocycles. The van der Waals surface area contributed by atoms with Crippen molar-refractivity contribution in [3.63, 3.8) is 0 Å². The van der Waals surface area contributed by atoms with Gasteiger partial charge >= 0.3 is 0 Å². The molecule has 0 radical (unpaired) electrons. The summed E-state index contributed by atoms with van der Waals surface area (Å²) in [4.78, 5) is 27.2. The number of carbonyl (C=O) groups excluding carboxylic acids is 2. The Balaban J connectivity index is 1.67. The second kappa shape index (κ2) is 7.92. The van der Waals surface area contributed by atoms with Crippen LogP contribution < -0.4 is 5.32 Å². The molecule has 1 N–H and O–H groups in total. The lowest BCUT2D eigenvalue weighted by molar-refractivity contribution is -0.121. The van der Waals surface area contributed by atoms with Crippen LogP contribution >= 0.6 is 11.6 Å². The molecule has 1 heterocycles. The van der Waals surface area contributed by atoms with E-state index in [-0.39, 0.29) is 17.7 Å². The second-order valence-corrected chi connectivity index (χ2v) is 7.34. The largest absolute Gasteiger partial charge is 0.338 e. The predicted molar refractivity (Wildman–Crippen MR) is 105 cm³/mol. The van der Waals surface area contributed by atoms with Gasteiger partial charge in [-0.25, -0.2) is 0 Å². The van der Waals surface area contributed by atoms with E-state index in [1.807, 2.05) is 32.0 Å². The number of benzene rings is 2. The normalized spacial score (nSPS) is 17.0. The van der Waals surface area contributed by atoms with Gasteiger partial charge in [0.15, 0.2) is 0 Å². The van der Waals surface area contributed by atoms with Crippen molar-refractivity contribution in [3.8, 4) is 0 Å². The maximum atomic E-state index is 12.7. The number of hydrogen-bond donors (Lipinski definition) is 1. The molecule has 1 aliphatic rings. The summed E-state index contributed by atoms with van der Waals surface area (Å²) in [6, 6.07) is 12.9. The Labute approximate surface area is 159 Å². The van der Waals surface area contributed by atoms with Crippen molar-refractivity contribution >= 4 is 29.1 Å². The van der Waals surface area contributed by atoms with Crippen molar-refractivity contribution in [2.75, 3.05) is 18.4 Å². The summed E-state index contributed by atoms with van der Waals surface area (Å²) < 4.78 is 0. The molecule has 5 heteroatoms. The average molecular weight is 371 g/mol. The topological polar surface area (TPSA) is 49.4 Å². The monoisotopic (exact) mass is 370 g/mol. The van der Waals surface area contributed by atoms with Gasteiger partial charge in [0, 0.05) is 29.4 Å². The molecule has 3 rings (SSSR count). The number of likely N-dealkylation sites (tertiary alicyclic amines) is 1. The molecule has 1 saturated heterocycles. The van der Waals surface area contributed by atoms with Gasteiger partial charge in [-0.05, 0) is 68.1 Å². The molecule has 0 aromatic heterocycles. The third kappa shape index (κ3) is 4.25. The molecule has 2 aromatic rings. The van der Waals surface area contributed by atoms with E-state index < -0.39 is 0 Å². The molecule has 1 aliphatic heterocycles. The first-order valence-corrected chi connectivity index (χ1v) is 9.25. The van der Waals surface area contributed by atoms with Crippen molar-refractivity contribution in [1.29, 1.82) is 0 Å². The van der Waals surface area contributed by atoms with Gasteiger partial charge in [0.05, 0.1) is 5.92 Å². The quantitative estimate of drug-likeness (QED) is 0.867. The first-order chi connectivity index (χ1) is 12.4. The minimum atomic E-state index is -0.195. The smallest absolute Gasteiger partial charge is 0.253 e. The molecular weight excluding hydrogens is 348 g/mol. The van der Waals surface area contributed by atoms with Crippen LogP contribution in [0.2, 0.25) is 5.02 Å². The van der Waals surface area contributed by atoms with Crippen LogP contribution in [-0.2, 0) is 4.79 Å². The highest BCUT2D eigenvalue weighted by Gasteiger charge is 2.29. The van der Waals surface area contributed by atoms with E-state index in [2.05, 4.69) is 5.32 Å². The molecule has 1 fully saturated rings. The molecule has 0 bridgehead atoms. The Morgan fingerprint density at radius 1 is 1.12 bits per heavy atom. The fourth-order valence-electron chi connectivity index (χ4n) is 3.26. The van der Waals surface area contributed by atoms with Crippen LogP contribution in [0.4, 0.5) is 5.69 Å². The van der Waals surface area contributed by atoms with Crippen LogP contribution in [0.25, 0.3) is 0 Å². The summed E-state index contributed by atoms with van der Waals surface area (Å²) >= 11 is 5.89. The van der Waals surface area contributed by atoms with Crippen LogP contribution in [0.3, 0.4) is 0 Å². The SMILES string of the molecule is Cc1ccc(C)c(NC(=O)[C@@H]2CCCN(C(=O)c3ccc(Cl)cc3)C2)c1. The van der Waals surface area contributed by atoms with E-state index in [1.165, 1.54) is 0 Å². The van der Waals surface area contributed by atoms with Crippen molar-refractivity contribution in [3.05, 3.63) is 64.2 Å². The van der Waals surface area contributed by atoms with Crippen molar-refractivity contribution < 1.29 is 9.59 Å². The van der Waals surface area contributed by atoms with Gasteiger partial charge in [-0.2, -0.15) is 0 Å². The van der Waals surface area contributed by atoms with Crippen LogP contribution in [0.1, 0.15) is 34.3 Å². The number of carbonyl (C=O) groups is 2. The van der Waals surface area contributed by atoms with Crippen LogP contribution in [0, 0.1) is 19.8 Å². The summed E-state index contributed by atoms with van der Waals surface area (Å²) in [6.45, 7) is 5.10. The standard InChI is InChI=1S/C21H23ClN2O2/c1-14-5-6-15(2)19(12-14)23-20(25)17-4-3-11-24(13-17)21(26)16-7-9-18(22)10-8-16/h5-10,12,17H,3-4,11,13H2,1-2H3,(H,23,25)/t17-/m1/s1. The zero-order valence-corrected chi connectivity index (χ0v) is 15.8. The first-order valence-electron chi connectivity index (χ1n) is 8.87. The van der Waals surface area contributed by atoms with Crippen LogP contribution in [0.5, 0.6) is 0 Å². The highest BCUT2D eigenvalue weighted by molar-refractivity contribution is 6.30. The van der Waals surface area contributed by atoms with E-state index >= 15 is 0 Å². The summed E-state index contributed by atoms with van der Waals surface area (Å²) in [5, 5.41) is 3.64. The molecule has 0 spiro atoms. The lowest BCUT2D eigenvalue weighted by Crippen LogP contribution is -2.43. The number of halogens is 1. The third-order valence-corrected chi connectivity index (χ3v) is 5.07. The van der Waals surface area contributed by atoms with E-state index in [4.69, 9.17) is 11.6 Å². The number of anilines is 1. The zero-order valence-electron chi connectivity index (χ0n) is 15.1. The van der Waals surface area contributed by atoms with Crippen LogP contribution in [0.15, 0.2) is 42.5 Å². The van der Waals surface area contributed by atoms with E-state index in [1.54, 1.807) is 29.2 Å². The summed E-state index contributed by atoms with van der Waals surface area (Å²) in [7, 11) is 0. The van der Waals surface area contributed by atoms with Gasteiger partial charge in [-0.1, -0.05) is 23.7 Å². The van der Waals surface area contributed by atoms with E-state index in [9.17, 15) is 9.59 Å². The van der Waals surface area contributed by atoms with E-state index in [0.717, 1.165) is 29.7 Å². The fourth-order valence-corrected chi connectivity index (χ4v) is 3.38. The Hall–Kier alpha value is -2.33. The fraction of sp³-hybridized carbons (Fsp3) is 0.333. The van der Waals surface area contributed by atoms with Crippen molar-refractivity contribution in [2.24, 2.45) is 5.92 Å². The minimum absolute atomic E-state index is 0.0210. The Morgan fingerprint density at radius 3 is 2.58 bits per heavy atom. The lowest BCUT2D eigenvalue weighted by atomic mass is 9.96. The van der Waals surface area contributed by atoms with Gasteiger partial charge in [0.1, 0.15) is 0 Å². The number of hydrogen-bond acceptors (Lipinski definition) is 2. The van der Waals surface area contributed by atoms with Crippen molar-refractivity contribution in [1.82, 2.24) is 4.90 Å². The zero-order chi connectivity index (χ0) is 18.7. The minimum Gasteiger partial charge on any atom is -0.338 e. The molecule has 2 aromatic carbocycles. The third-order valence-electron chi connectivity index (χ3n) is 4.82. The number of rotatable bonds is 3. The molecule has 0 aliphatic carbocycles. The lowest BCUT2D eigenvalue weighted by Gasteiger charge is -2.32. The number of aryl methyl sites for hydroxylation is 2.